The topological polar surface area (TPSA) is 84.2 Å². The summed E-state index contributed by atoms with van der Waals surface area (Å²) in [4.78, 5) is 0.223. The Balaban J connectivity index is 2.06. The molecule has 0 aliphatic carbocycles. The Morgan fingerprint density at radius 2 is 1.96 bits per heavy atom. The molecule has 23 heavy (non-hydrogen) atoms. The fraction of sp³-hybridized carbons (Fsp3) is 0.438. The van der Waals surface area contributed by atoms with Crippen LogP contribution in [0.3, 0.4) is 0 Å². The maximum atomic E-state index is 12.3. The van der Waals surface area contributed by atoms with E-state index in [1.54, 1.807) is 18.3 Å². The molecule has 0 aliphatic heterocycles. The van der Waals surface area contributed by atoms with Crippen molar-refractivity contribution in [1.82, 2.24) is 9.78 Å². The molecule has 0 saturated carbocycles. The zero-order chi connectivity index (χ0) is 16.9. The van der Waals surface area contributed by atoms with E-state index in [0.29, 0.717) is 18.2 Å². The van der Waals surface area contributed by atoms with Gasteiger partial charge in [-0.15, -0.1) is 0 Å². The van der Waals surface area contributed by atoms with Crippen LogP contribution in [0.1, 0.15) is 25.8 Å². The molecule has 2 aromatic rings. The van der Waals surface area contributed by atoms with Crippen LogP contribution in [0.2, 0.25) is 0 Å². The summed E-state index contributed by atoms with van der Waals surface area (Å²) in [5.74, 6) is 0.621. The minimum atomic E-state index is -3.63. The first-order chi connectivity index (χ1) is 10.9. The van der Waals surface area contributed by atoms with Crippen LogP contribution in [-0.2, 0) is 23.0 Å². The number of aliphatic hydroxyl groups is 1. The van der Waals surface area contributed by atoms with Gasteiger partial charge in [-0.05, 0) is 36.5 Å². The van der Waals surface area contributed by atoms with Crippen molar-refractivity contribution in [2.45, 2.75) is 38.1 Å². The van der Waals surface area contributed by atoms with Gasteiger partial charge in [-0.25, -0.2) is 8.42 Å². The molecule has 7 heteroatoms. The SMILES string of the molecule is CC(C)CCc1ccc(S(=O)(=O)Nc2cnn(CCO)c2)cc1. The Labute approximate surface area is 137 Å². The Hall–Kier alpha value is -1.86. The molecule has 0 atom stereocenters. The Kier molecular flexibility index (Phi) is 5.79. The number of anilines is 1. The molecule has 2 N–H and O–H groups in total. The highest BCUT2D eigenvalue weighted by Crippen LogP contribution is 2.17. The molecule has 0 saturated heterocycles. The number of hydrogen-bond acceptors (Lipinski definition) is 4. The van der Waals surface area contributed by atoms with Crippen LogP contribution in [0.4, 0.5) is 5.69 Å². The molecule has 0 radical (unpaired) electrons. The fourth-order valence-electron chi connectivity index (χ4n) is 2.15. The molecule has 1 aromatic carbocycles. The van der Waals surface area contributed by atoms with Crippen molar-refractivity contribution in [1.29, 1.82) is 0 Å². The molecule has 0 bridgehead atoms. The van der Waals surface area contributed by atoms with Crippen molar-refractivity contribution < 1.29 is 13.5 Å². The van der Waals surface area contributed by atoms with Crippen LogP contribution >= 0.6 is 0 Å². The van der Waals surface area contributed by atoms with Crippen LogP contribution < -0.4 is 4.72 Å². The number of nitrogens with zero attached hydrogens (tertiary/aromatic N) is 2. The molecule has 126 valence electrons. The van der Waals surface area contributed by atoms with E-state index >= 15 is 0 Å². The first kappa shape index (κ1) is 17.5. The minimum absolute atomic E-state index is 0.0499. The predicted octanol–water partition coefficient (Wildman–Crippen LogP) is 2.26. The van der Waals surface area contributed by atoms with E-state index in [0.717, 1.165) is 18.4 Å². The number of rotatable bonds is 8. The maximum Gasteiger partial charge on any atom is 0.261 e. The monoisotopic (exact) mass is 337 g/mol. The van der Waals surface area contributed by atoms with Crippen LogP contribution in [0, 0.1) is 5.92 Å². The quantitative estimate of drug-likeness (QED) is 0.774. The lowest BCUT2D eigenvalue weighted by molar-refractivity contribution is 0.269. The van der Waals surface area contributed by atoms with Gasteiger partial charge in [0.15, 0.2) is 0 Å². The van der Waals surface area contributed by atoms with Gasteiger partial charge < -0.3 is 5.11 Å². The van der Waals surface area contributed by atoms with E-state index in [1.807, 2.05) is 12.1 Å². The summed E-state index contributed by atoms with van der Waals surface area (Å²) in [6, 6.07) is 6.95. The summed E-state index contributed by atoms with van der Waals surface area (Å²) in [7, 11) is -3.63. The van der Waals surface area contributed by atoms with Gasteiger partial charge in [-0.3, -0.25) is 9.40 Å². The highest BCUT2D eigenvalue weighted by molar-refractivity contribution is 7.92. The summed E-state index contributed by atoms with van der Waals surface area (Å²) >= 11 is 0. The smallest absolute Gasteiger partial charge is 0.261 e. The van der Waals surface area contributed by atoms with Gasteiger partial charge in [0.25, 0.3) is 10.0 Å². The zero-order valence-corrected chi connectivity index (χ0v) is 14.3. The number of sulfonamides is 1. The van der Waals surface area contributed by atoms with Crippen molar-refractivity contribution in [2.24, 2.45) is 5.92 Å². The summed E-state index contributed by atoms with van der Waals surface area (Å²) < 4.78 is 28.7. The highest BCUT2D eigenvalue weighted by Gasteiger charge is 2.15. The van der Waals surface area contributed by atoms with Crippen molar-refractivity contribution in [3.63, 3.8) is 0 Å². The van der Waals surface area contributed by atoms with Gasteiger partial charge in [-0.1, -0.05) is 26.0 Å². The zero-order valence-electron chi connectivity index (χ0n) is 13.4. The highest BCUT2D eigenvalue weighted by atomic mass is 32.2. The second kappa shape index (κ2) is 7.61. The third-order valence-corrected chi connectivity index (χ3v) is 4.86. The van der Waals surface area contributed by atoms with E-state index in [4.69, 9.17) is 5.11 Å². The van der Waals surface area contributed by atoms with Crippen molar-refractivity contribution >= 4 is 15.7 Å². The minimum Gasteiger partial charge on any atom is -0.394 e. The summed E-state index contributed by atoms with van der Waals surface area (Å²) in [5.41, 5.74) is 1.51. The Morgan fingerprint density at radius 3 is 2.57 bits per heavy atom. The van der Waals surface area contributed by atoms with E-state index in [-0.39, 0.29) is 11.5 Å². The predicted molar refractivity (Wildman–Crippen MR) is 89.7 cm³/mol. The summed E-state index contributed by atoms with van der Waals surface area (Å²) in [6.45, 7) is 4.61. The van der Waals surface area contributed by atoms with Crippen molar-refractivity contribution in [2.75, 3.05) is 11.3 Å². The van der Waals surface area contributed by atoms with E-state index < -0.39 is 10.0 Å². The van der Waals surface area contributed by atoms with Gasteiger partial charge in [0, 0.05) is 6.20 Å². The molecular formula is C16H23N3O3S. The van der Waals surface area contributed by atoms with Gasteiger partial charge in [-0.2, -0.15) is 5.10 Å². The molecule has 0 fully saturated rings. The average molecular weight is 337 g/mol. The maximum absolute atomic E-state index is 12.3. The number of benzene rings is 1. The fourth-order valence-corrected chi connectivity index (χ4v) is 3.17. The van der Waals surface area contributed by atoms with E-state index in [9.17, 15) is 8.42 Å². The number of aliphatic hydroxyl groups excluding tert-OH is 1. The number of hydrogen-bond donors (Lipinski definition) is 2. The lowest BCUT2D eigenvalue weighted by Crippen LogP contribution is -2.12. The lowest BCUT2D eigenvalue weighted by Gasteiger charge is -2.08. The third-order valence-electron chi connectivity index (χ3n) is 3.46. The van der Waals surface area contributed by atoms with E-state index in [1.165, 1.54) is 10.9 Å². The van der Waals surface area contributed by atoms with Gasteiger partial charge in [0.1, 0.15) is 0 Å². The van der Waals surface area contributed by atoms with Crippen LogP contribution in [0.5, 0.6) is 0 Å². The van der Waals surface area contributed by atoms with Gasteiger partial charge in [0.05, 0.1) is 29.9 Å². The number of aryl methyl sites for hydroxylation is 1. The van der Waals surface area contributed by atoms with Gasteiger partial charge in [0.2, 0.25) is 0 Å². The van der Waals surface area contributed by atoms with E-state index in [2.05, 4.69) is 23.7 Å². The molecular weight excluding hydrogens is 314 g/mol. The van der Waals surface area contributed by atoms with Crippen LogP contribution in [-0.4, -0.2) is 29.9 Å². The molecule has 0 amide bonds. The Morgan fingerprint density at radius 1 is 1.26 bits per heavy atom. The van der Waals surface area contributed by atoms with Gasteiger partial charge >= 0.3 is 0 Å². The molecule has 0 aliphatic rings. The number of nitrogens with one attached hydrogen (secondary N) is 1. The van der Waals surface area contributed by atoms with Crippen molar-refractivity contribution in [3.05, 3.63) is 42.2 Å². The first-order valence-corrected chi connectivity index (χ1v) is 9.14. The standard InChI is InChI=1S/C16H23N3O3S/c1-13(2)3-4-14-5-7-16(8-6-14)23(21,22)18-15-11-17-19(12-15)9-10-20/h5-8,11-13,18,20H,3-4,9-10H2,1-2H3. The molecule has 2 rings (SSSR count). The Bertz CT molecular complexity index is 721. The lowest BCUT2D eigenvalue weighted by atomic mass is 10.0. The first-order valence-electron chi connectivity index (χ1n) is 7.66. The molecule has 0 spiro atoms. The molecule has 0 unspecified atom stereocenters. The summed E-state index contributed by atoms with van der Waals surface area (Å²) in [6.07, 6.45) is 4.99. The van der Waals surface area contributed by atoms with Crippen LogP contribution in [0.25, 0.3) is 0 Å². The normalized spacial score (nSPS) is 11.8. The second-order valence-corrected chi connectivity index (χ2v) is 7.58. The summed E-state index contributed by atoms with van der Waals surface area (Å²) in [5, 5.41) is 12.8. The second-order valence-electron chi connectivity index (χ2n) is 5.90. The molecule has 1 aromatic heterocycles. The molecule has 6 nitrogen and oxygen atoms in total. The van der Waals surface area contributed by atoms with Crippen LogP contribution in [0.15, 0.2) is 41.6 Å². The largest absolute Gasteiger partial charge is 0.394 e. The average Bonchev–Trinajstić information content (AvgIpc) is 2.92. The number of aromatic nitrogens is 2. The third kappa shape index (κ3) is 5.07. The molecule has 1 heterocycles. The van der Waals surface area contributed by atoms with Crippen molar-refractivity contribution in [3.8, 4) is 0 Å².